The first-order chi connectivity index (χ1) is 11.5. The van der Waals surface area contributed by atoms with Crippen LogP contribution in [0.1, 0.15) is 42.5 Å². The monoisotopic (exact) mass is 339 g/mol. The maximum absolute atomic E-state index is 13.5. The molecule has 0 heterocycles. The van der Waals surface area contributed by atoms with E-state index < -0.39 is 17.5 Å². The van der Waals surface area contributed by atoms with Crippen LogP contribution < -0.4 is 16.4 Å². The summed E-state index contributed by atoms with van der Waals surface area (Å²) in [5.41, 5.74) is 5.47. The number of halogens is 2. The Labute approximate surface area is 140 Å². The van der Waals surface area contributed by atoms with Crippen molar-refractivity contribution in [3.05, 3.63) is 35.4 Å². The number of nitrogens with one attached hydrogen (secondary N) is 2. The van der Waals surface area contributed by atoms with Crippen LogP contribution in [0.4, 0.5) is 8.78 Å². The molecule has 2 atom stereocenters. The topological polar surface area (TPSA) is 84.2 Å². The van der Waals surface area contributed by atoms with Crippen molar-refractivity contribution in [1.82, 2.24) is 10.6 Å². The molecule has 1 aliphatic carbocycles. The molecule has 24 heavy (non-hydrogen) atoms. The standard InChI is InChI=1S/C17H23F2N3O2/c18-12-6-7-13(14(19)9-12)17(24)21-8-2-5-16(23)22-15-4-1-3-11(15)10-20/h6-7,9,11,15H,1-5,8,10,20H2,(H,21,24)(H,22,23). The number of nitrogens with two attached hydrogens (primary N) is 1. The number of rotatable bonds is 7. The maximum Gasteiger partial charge on any atom is 0.254 e. The van der Waals surface area contributed by atoms with Crippen LogP contribution in [0.25, 0.3) is 0 Å². The lowest BCUT2D eigenvalue weighted by Gasteiger charge is -2.19. The molecule has 1 fully saturated rings. The normalized spacial score (nSPS) is 20.0. The van der Waals surface area contributed by atoms with E-state index in [4.69, 9.17) is 5.73 Å². The van der Waals surface area contributed by atoms with Gasteiger partial charge in [0.25, 0.3) is 5.91 Å². The Bertz CT molecular complexity index is 595. The van der Waals surface area contributed by atoms with Gasteiger partial charge in [0.2, 0.25) is 5.91 Å². The molecule has 0 aliphatic heterocycles. The zero-order valence-electron chi connectivity index (χ0n) is 13.5. The highest BCUT2D eigenvalue weighted by molar-refractivity contribution is 5.94. The molecule has 2 rings (SSSR count). The van der Waals surface area contributed by atoms with Crippen LogP contribution in [0.3, 0.4) is 0 Å². The molecule has 1 aromatic rings. The average molecular weight is 339 g/mol. The molecule has 1 aliphatic rings. The predicted octanol–water partition coefficient (Wildman–Crippen LogP) is 1.72. The van der Waals surface area contributed by atoms with Gasteiger partial charge in [-0.05, 0) is 43.9 Å². The van der Waals surface area contributed by atoms with Gasteiger partial charge in [0.1, 0.15) is 11.6 Å². The van der Waals surface area contributed by atoms with Gasteiger partial charge in [-0.25, -0.2) is 8.78 Å². The fraction of sp³-hybridized carbons (Fsp3) is 0.529. The highest BCUT2D eigenvalue weighted by Crippen LogP contribution is 2.24. The summed E-state index contributed by atoms with van der Waals surface area (Å²) in [5, 5.41) is 5.51. The van der Waals surface area contributed by atoms with Gasteiger partial charge < -0.3 is 16.4 Å². The lowest BCUT2D eigenvalue weighted by atomic mass is 10.0. The Morgan fingerprint density at radius 2 is 2.04 bits per heavy atom. The molecular weight excluding hydrogens is 316 g/mol. The van der Waals surface area contributed by atoms with Gasteiger partial charge in [-0.3, -0.25) is 9.59 Å². The van der Waals surface area contributed by atoms with E-state index in [9.17, 15) is 18.4 Å². The number of hydrogen-bond donors (Lipinski definition) is 3. The van der Waals surface area contributed by atoms with E-state index in [2.05, 4.69) is 10.6 Å². The van der Waals surface area contributed by atoms with Crippen LogP contribution >= 0.6 is 0 Å². The van der Waals surface area contributed by atoms with E-state index in [0.29, 0.717) is 24.9 Å². The second kappa shape index (κ2) is 8.73. The van der Waals surface area contributed by atoms with Crippen molar-refractivity contribution in [2.45, 2.75) is 38.1 Å². The van der Waals surface area contributed by atoms with E-state index in [-0.39, 0.29) is 30.5 Å². The van der Waals surface area contributed by atoms with Gasteiger partial charge in [-0.2, -0.15) is 0 Å². The third-order valence-electron chi connectivity index (χ3n) is 4.35. The highest BCUT2D eigenvalue weighted by Gasteiger charge is 2.26. The second-order valence-electron chi connectivity index (χ2n) is 6.08. The summed E-state index contributed by atoms with van der Waals surface area (Å²) in [6.07, 6.45) is 3.79. The summed E-state index contributed by atoms with van der Waals surface area (Å²) in [5.74, 6) is -1.98. The van der Waals surface area contributed by atoms with Crippen LogP contribution in [-0.2, 0) is 4.79 Å². The van der Waals surface area contributed by atoms with Crippen molar-refractivity contribution in [3.63, 3.8) is 0 Å². The van der Waals surface area contributed by atoms with Gasteiger partial charge in [0.15, 0.2) is 0 Å². The summed E-state index contributed by atoms with van der Waals surface area (Å²) < 4.78 is 26.3. The van der Waals surface area contributed by atoms with Crippen molar-refractivity contribution < 1.29 is 18.4 Å². The molecule has 5 nitrogen and oxygen atoms in total. The van der Waals surface area contributed by atoms with E-state index in [1.165, 1.54) is 0 Å². The minimum absolute atomic E-state index is 0.0671. The minimum atomic E-state index is -0.903. The Morgan fingerprint density at radius 1 is 1.25 bits per heavy atom. The number of hydrogen-bond acceptors (Lipinski definition) is 3. The second-order valence-corrected chi connectivity index (χ2v) is 6.08. The molecule has 7 heteroatoms. The maximum atomic E-state index is 13.5. The van der Waals surface area contributed by atoms with Crippen LogP contribution in [0.15, 0.2) is 18.2 Å². The first kappa shape index (κ1) is 18.3. The Hall–Kier alpha value is -2.02. The summed E-state index contributed by atoms with van der Waals surface area (Å²) in [6, 6.07) is 2.93. The third kappa shape index (κ3) is 4.99. The van der Waals surface area contributed by atoms with Crippen LogP contribution in [0, 0.1) is 17.6 Å². The first-order valence-corrected chi connectivity index (χ1v) is 8.24. The average Bonchev–Trinajstić information content (AvgIpc) is 2.98. The van der Waals surface area contributed by atoms with Gasteiger partial charge in [0.05, 0.1) is 5.56 Å². The van der Waals surface area contributed by atoms with E-state index >= 15 is 0 Å². The SMILES string of the molecule is NCC1CCCC1NC(=O)CCCNC(=O)c1ccc(F)cc1F. The quantitative estimate of drug-likeness (QED) is 0.661. The first-order valence-electron chi connectivity index (χ1n) is 8.24. The fourth-order valence-electron chi connectivity index (χ4n) is 3.01. The molecule has 0 saturated heterocycles. The van der Waals surface area contributed by atoms with Crippen molar-refractivity contribution in [3.8, 4) is 0 Å². The van der Waals surface area contributed by atoms with Gasteiger partial charge >= 0.3 is 0 Å². The van der Waals surface area contributed by atoms with E-state index in [0.717, 1.165) is 31.4 Å². The molecule has 0 bridgehead atoms. The third-order valence-corrected chi connectivity index (χ3v) is 4.35. The summed E-state index contributed by atoms with van der Waals surface area (Å²) in [7, 11) is 0. The Morgan fingerprint density at radius 3 is 2.75 bits per heavy atom. The molecule has 1 aromatic carbocycles. The summed E-state index contributed by atoms with van der Waals surface area (Å²) >= 11 is 0. The van der Waals surface area contributed by atoms with Crippen molar-refractivity contribution in [2.75, 3.05) is 13.1 Å². The van der Waals surface area contributed by atoms with Gasteiger partial charge in [-0.1, -0.05) is 6.42 Å². The smallest absolute Gasteiger partial charge is 0.254 e. The van der Waals surface area contributed by atoms with Gasteiger partial charge in [-0.15, -0.1) is 0 Å². The van der Waals surface area contributed by atoms with E-state index in [1.807, 2.05) is 0 Å². The largest absolute Gasteiger partial charge is 0.353 e. The molecule has 1 saturated carbocycles. The molecule has 0 aromatic heterocycles. The number of carbonyl (C=O) groups excluding carboxylic acids is 2. The summed E-state index contributed by atoms with van der Waals surface area (Å²) in [6.45, 7) is 0.818. The lowest BCUT2D eigenvalue weighted by molar-refractivity contribution is -0.122. The molecule has 4 N–H and O–H groups in total. The Kier molecular flexibility index (Phi) is 6.66. The number of benzene rings is 1. The van der Waals surface area contributed by atoms with Crippen molar-refractivity contribution >= 4 is 11.8 Å². The van der Waals surface area contributed by atoms with Crippen LogP contribution in [0.5, 0.6) is 0 Å². The Balaban J connectivity index is 1.68. The summed E-state index contributed by atoms with van der Waals surface area (Å²) in [4.78, 5) is 23.7. The molecule has 132 valence electrons. The van der Waals surface area contributed by atoms with Crippen molar-refractivity contribution in [1.29, 1.82) is 0 Å². The van der Waals surface area contributed by atoms with Crippen LogP contribution in [0.2, 0.25) is 0 Å². The van der Waals surface area contributed by atoms with Crippen LogP contribution in [-0.4, -0.2) is 30.9 Å². The number of amides is 2. The minimum Gasteiger partial charge on any atom is -0.353 e. The zero-order valence-corrected chi connectivity index (χ0v) is 13.5. The highest BCUT2D eigenvalue weighted by atomic mass is 19.1. The lowest BCUT2D eigenvalue weighted by Crippen LogP contribution is -2.40. The van der Waals surface area contributed by atoms with Gasteiger partial charge in [0, 0.05) is 25.1 Å². The zero-order chi connectivity index (χ0) is 17.5. The molecule has 2 unspecified atom stereocenters. The van der Waals surface area contributed by atoms with Crippen molar-refractivity contribution in [2.24, 2.45) is 11.7 Å². The molecule has 2 amide bonds. The molecular formula is C17H23F2N3O2. The fourth-order valence-corrected chi connectivity index (χ4v) is 3.01. The predicted molar refractivity (Wildman–Crippen MR) is 86.3 cm³/mol. The molecule has 0 spiro atoms. The van der Waals surface area contributed by atoms with E-state index in [1.54, 1.807) is 0 Å². The molecule has 0 radical (unpaired) electrons. The number of carbonyl (C=O) groups is 2.